The van der Waals surface area contributed by atoms with E-state index in [0.29, 0.717) is 24.3 Å². The fourth-order valence-corrected chi connectivity index (χ4v) is 2.47. The molecule has 2 N–H and O–H groups in total. The minimum atomic E-state index is -3.33. The van der Waals surface area contributed by atoms with Gasteiger partial charge >= 0.3 is 0 Å². The Morgan fingerprint density at radius 3 is 2.41 bits per heavy atom. The number of rotatable bonds is 7. The van der Waals surface area contributed by atoms with Crippen LogP contribution in [0, 0.1) is 0 Å². The number of hydrogen-bond acceptors (Lipinski definition) is 4. The van der Waals surface area contributed by atoms with Gasteiger partial charge in [-0.15, -0.1) is 0 Å². The predicted octanol–water partition coefficient (Wildman–Crippen LogP) is 1.21. The van der Waals surface area contributed by atoms with Gasteiger partial charge in [-0.05, 0) is 37.1 Å². The van der Waals surface area contributed by atoms with Crippen molar-refractivity contribution in [2.24, 2.45) is 0 Å². The summed E-state index contributed by atoms with van der Waals surface area (Å²) in [6.45, 7) is 0.0120. The monoisotopic (exact) mass is 259 g/mol. The van der Waals surface area contributed by atoms with E-state index in [1.54, 1.807) is 31.4 Å². The van der Waals surface area contributed by atoms with Crippen LogP contribution in [0.5, 0.6) is 5.75 Å². The molecule has 1 rings (SSSR count). The minimum absolute atomic E-state index is 0.0120. The first-order chi connectivity index (χ1) is 8.07. The van der Waals surface area contributed by atoms with Crippen molar-refractivity contribution >= 4 is 15.7 Å². The van der Waals surface area contributed by atoms with Gasteiger partial charge in [-0.1, -0.05) is 0 Å². The number of nitrogens with one attached hydrogen (secondary N) is 1. The first-order valence-corrected chi connectivity index (χ1v) is 6.98. The van der Waals surface area contributed by atoms with E-state index in [1.165, 1.54) is 0 Å². The van der Waals surface area contributed by atoms with Crippen molar-refractivity contribution in [1.29, 1.82) is 0 Å². The van der Waals surface area contributed by atoms with Crippen molar-refractivity contribution in [3.63, 3.8) is 0 Å². The molecule has 96 valence electrons. The lowest BCUT2D eigenvalue weighted by atomic mass is 10.3. The van der Waals surface area contributed by atoms with Crippen molar-refractivity contribution in [1.82, 2.24) is 0 Å². The van der Waals surface area contributed by atoms with E-state index in [2.05, 4.69) is 4.72 Å². The molecule has 0 spiro atoms. The average Bonchev–Trinajstić information content (AvgIpc) is 2.30. The molecule has 0 bridgehead atoms. The second-order valence-electron chi connectivity index (χ2n) is 3.58. The standard InChI is InChI=1S/C11H17NO4S/c1-16-11-6-4-10(5-7-11)12-17(14,15)9-3-2-8-13/h4-7,12-13H,2-3,8-9H2,1H3. The van der Waals surface area contributed by atoms with Crippen LogP contribution in [0.25, 0.3) is 0 Å². The van der Waals surface area contributed by atoms with E-state index < -0.39 is 10.0 Å². The molecule has 0 aliphatic carbocycles. The van der Waals surface area contributed by atoms with E-state index in [-0.39, 0.29) is 12.4 Å². The molecule has 0 amide bonds. The summed E-state index contributed by atoms with van der Waals surface area (Å²) in [5, 5.41) is 8.58. The number of ether oxygens (including phenoxy) is 1. The molecular weight excluding hydrogens is 242 g/mol. The molecule has 17 heavy (non-hydrogen) atoms. The summed E-state index contributed by atoms with van der Waals surface area (Å²) in [6.07, 6.45) is 0.936. The number of aliphatic hydroxyl groups excluding tert-OH is 1. The first kappa shape index (κ1) is 13.8. The Hall–Kier alpha value is -1.27. The average molecular weight is 259 g/mol. The van der Waals surface area contributed by atoms with E-state index in [4.69, 9.17) is 9.84 Å². The van der Waals surface area contributed by atoms with E-state index in [0.717, 1.165) is 0 Å². The molecule has 0 aliphatic heterocycles. The maximum atomic E-state index is 11.6. The lowest BCUT2D eigenvalue weighted by Crippen LogP contribution is -2.16. The predicted molar refractivity (Wildman–Crippen MR) is 66.7 cm³/mol. The quantitative estimate of drug-likeness (QED) is 0.722. The molecule has 5 nitrogen and oxygen atoms in total. The molecule has 0 unspecified atom stereocenters. The molecule has 1 aromatic carbocycles. The van der Waals surface area contributed by atoms with Gasteiger partial charge in [-0.2, -0.15) is 0 Å². The SMILES string of the molecule is COc1ccc(NS(=O)(=O)CCCCO)cc1. The van der Waals surface area contributed by atoms with Gasteiger partial charge in [0, 0.05) is 12.3 Å². The van der Waals surface area contributed by atoms with Crippen LogP contribution in [0.1, 0.15) is 12.8 Å². The van der Waals surface area contributed by atoms with Crippen LogP contribution in [0.3, 0.4) is 0 Å². The number of methoxy groups -OCH3 is 1. The smallest absolute Gasteiger partial charge is 0.232 e. The van der Waals surface area contributed by atoms with Gasteiger partial charge in [0.25, 0.3) is 0 Å². The number of anilines is 1. The zero-order valence-corrected chi connectivity index (χ0v) is 10.5. The zero-order chi connectivity index (χ0) is 12.7. The van der Waals surface area contributed by atoms with Crippen LogP contribution in [0.4, 0.5) is 5.69 Å². The number of aliphatic hydroxyl groups is 1. The highest BCUT2D eigenvalue weighted by molar-refractivity contribution is 7.92. The van der Waals surface area contributed by atoms with Crippen LogP contribution < -0.4 is 9.46 Å². The summed E-state index contributed by atoms with van der Waals surface area (Å²) in [7, 11) is -1.78. The highest BCUT2D eigenvalue weighted by atomic mass is 32.2. The molecule has 0 heterocycles. The summed E-state index contributed by atoms with van der Waals surface area (Å²) < 4.78 is 30.6. The topological polar surface area (TPSA) is 75.6 Å². The number of unbranched alkanes of at least 4 members (excludes halogenated alkanes) is 1. The van der Waals surface area contributed by atoms with Gasteiger partial charge in [-0.3, -0.25) is 4.72 Å². The minimum Gasteiger partial charge on any atom is -0.497 e. The van der Waals surface area contributed by atoms with Crippen molar-refractivity contribution in [2.45, 2.75) is 12.8 Å². The maximum Gasteiger partial charge on any atom is 0.232 e. The third-order valence-corrected chi connectivity index (χ3v) is 3.56. The molecule has 0 radical (unpaired) electrons. The van der Waals surface area contributed by atoms with Crippen molar-refractivity contribution in [3.8, 4) is 5.75 Å². The molecule has 0 aliphatic rings. The largest absolute Gasteiger partial charge is 0.497 e. The summed E-state index contributed by atoms with van der Waals surface area (Å²) in [6, 6.07) is 6.65. The lowest BCUT2D eigenvalue weighted by molar-refractivity contribution is 0.287. The highest BCUT2D eigenvalue weighted by Crippen LogP contribution is 2.16. The van der Waals surface area contributed by atoms with Crippen LogP contribution >= 0.6 is 0 Å². The molecule has 0 saturated carbocycles. The molecule has 6 heteroatoms. The number of sulfonamides is 1. The summed E-state index contributed by atoms with van der Waals surface area (Å²) in [4.78, 5) is 0. The maximum absolute atomic E-state index is 11.6. The van der Waals surface area contributed by atoms with Gasteiger partial charge < -0.3 is 9.84 Å². The van der Waals surface area contributed by atoms with Gasteiger partial charge in [0.15, 0.2) is 0 Å². The van der Waals surface area contributed by atoms with Gasteiger partial charge in [0.1, 0.15) is 5.75 Å². The summed E-state index contributed by atoms with van der Waals surface area (Å²) in [5.41, 5.74) is 0.509. The third kappa shape index (κ3) is 5.06. The van der Waals surface area contributed by atoms with Crippen molar-refractivity contribution in [2.75, 3.05) is 24.2 Å². The Balaban J connectivity index is 2.56. The van der Waals surface area contributed by atoms with E-state index in [9.17, 15) is 8.42 Å². The second-order valence-corrected chi connectivity index (χ2v) is 5.42. The Labute approximate surface area is 101 Å². The Morgan fingerprint density at radius 1 is 1.24 bits per heavy atom. The molecule has 0 saturated heterocycles. The summed E-state index contributed by atoms with van der Waals surface area (Å²) >= 11 is 0. The van der Waals surface area contributed by atoms with Gasteiger partial charge in [0.2, 0.25) is 10.0 Å². The molecule has 0 fully saturated rings. The fraction of sp³-hybridized carbons (Fsp3) is 0.455. The molecular formula is C11H17NO4S. The van der Waals surface area contributed by atoms with Gasteiger partial charge in [-0.25, -0.2) is 8.42 Å². The Bertz CT molecular complexity index is 427. The third-order valence-electron chi connectivity index (χ3n) is 2.18. The van der Waals surface area contributed by atoms with Crippen LogP contribution in [0.15, 0.2) is 24.3 Å². The summed E-state index contributed by atoms with van der Waals surface area (Å²) in [5.74, 6) is 0.688. The highest BCUT2D eigenvalue weighted by Gasteiger charge is 2.09. The van der Waals surface area contributed by atoms with Crippen LogP contribution in [-0.2, 0) is 10.0 Å². The lowest BCUT2D eigenvalue weighted by Gasteiger charge is -2.08. The Kier molecular flexibility index (Phi) is 5.24. The molecule has 0 atom stereocenters. The molecule has 1 aromatic rings. The number of hydrogen-bond donors (Lipinski definition) is 2. The van der Waals surface area contributed by atoms with Crippen LogP contribution in [0.2, 0.25) is 0 Å². The van der Waals surface area contributed by atoms with Crippen molar-refractivity contribution < 1.29 is 18.3 Å². The normalized spacial score (nSPS) is 11.2. The number of benzene rings is 1. The first-order valence-electron chi connectivity index (χ1n) is 5.33. The Morgan fingerprint density at radius 2 is 1.88 bits per heavy atom. The second kappa shape index (κ2) is 6.46. The zero-order valence-electron chi connectivity index (χ0n) is 9.72. The van der Waals surface area contributed by atoms with Gasteiger partial charge in [0.05, 0.1) is 12.9 Å². The molecule has 0 aromatic heterocycles. The van der Waals surface area contributed by atoms with Crippen LogP contribution in [-0.4, -0.2) is 33.0 Å². The van der Waals surface area contributed by atoms with Crippen molar-refractivity contribution in [3.05, 3.63) is 24.3 Å². The van der Waals surface area contributed by atoms with E-state index in [1.807, 2.05) is 0 Å². The fourth-order valence-electron chi connectivity index (χ4n) is 1.29. The van der Waals surface area contributed by atoms with E-state index >= 15 is 0 Å².